The van der Waals surface area contributed by atoms with Gasteiger partial charge in [0.25, 0.3) is 0 Å². The smallest absolute Gasteiger partial charge is 0.130 e. The van der Waals surface area contributed by atoms with Crippen molar-refractivity contribution in [2.75, 3.05) is 7.11 Å². The van der Waals surface area contributed by atoms with Crippen molar-refractivity contribution in [2.24, 2.45) is 0 Å². The molecule has 0 fully saturated rings. The van der Waals surface area contributed by atoms with Gasteiger partial charge >= 0.3 is 0 Å². The molecule has 0 N–H and O–H groups in total. The lowest BCUT2D eigenvalue weighted by molar-refractivity contribution is 0.414. The lowest BCUT2D eigenvalue weighted by Gasteiger charge is -2.02. The van der Waals surface area contributed by atoms with E-state index in [-0.39, 0.29) is 5.57 Å². The number of methoxy groups -OCH3 is 1. The van der Waals surface area contributed by atoms with E-state index in [1.54, 1.807) is 37.4 Å². The summed E-state index contributed by atoms with van der Waals surface area (Å²) in [6, 6.07) is 8.95. The van der Waals surface area contributed by atoms with Crippen LogP contribution in [0.25, 0.3) is 6.08 Å². The van der Waals surface area contributed by atoms with E-state index in [1.807, 2.05) is 0 Å². The van der Waals surface area contributed by atoms with Crippen molar-refractivity contribution in [3.05, 3.63) is 33.8 Å². The number of allylic oxidation sites excluding steroid dienone is 1. The zero-order valence-electron chi connectivity index (χ0n) is 7.99. The molecule has 0 atom stereocenters. The van der Waals surface area contributed by atoms with Crippen LogP contribution in [0.3, 0.4) is 0 Å². The highest BCUT2D eigenvalue weighted by Gasteiger charge is 2.01. The third kappa shape index (κ3) is 2.83. The van der Waals surface area contributed by atoms with Crippen molar-refractivity contribution in [1.82, 2.24) is 0 Å². The molecule has 4 heteroatoms. The monoisotopic (exact) mass is 262 g/mol. The van der Waals surface area contributed by atoms with Gasteiger partial charge in [0.1, 0.15) is 23.5 Å². The molecule has 0 spiro atoms. The number of halogens is 1. The predicted molar refractivity (Wildman–Crippen MR) is 59.9 cm³/mol. The zero-order chi connectivity index (χ0) is 11.3. The van der Waals surface area contributed by atoms with Crippen LogP contribution in [0.1, 0.15) is 5.56 Å². The number of benzene rings is 1. The van der Waals surface area contributed by atoms with E-state index in [2.05, 4.69) is 15.9 Å². The highest BCUT2D eigenvalue weighted by molar-refractivity contribution is 9.10. The van der Waals surface area contributed by atoms with Crippen molar-refractivity contribution in [1.29, 1.82) is 10.5 Å². The number of rotatable bonds is 2. The van der Waals surface area contributed by atoms with Crippen LogP contribution >= 0.6 is 15.9 Å². The first kappa shape index (κ1) is 11.3. The predicted octanol–water partition coefficient (Wildman–Crippen LogP) is 2.89. The Morgan fingerprint density at radius 2 is 2.07 bits per heavy atom. The summed E-state index contributed by atoms with van der Waals surface area (Å²) in [6.45, 7) is 0. The van der Waals surface area contributed by atoms with Gasteiger partial charge in [-0.1, -0.05) is 15.9 Å². The SMILES string of the molecule is COc1ccc(Br)c(C=C(C#N)C#N)c1. The normalized spacial score (nSPS) is 8.53. The highest BCUT2D eigenvalue weighted by Crippen LogP contribution is 2.24. The van der Waals surface area contributed by atoms with Gasteiger partial charge in [-0.15, -0.1) is 0 Å². The molecule has 0 saturated carbocycles. The summed E-state index contributed by atoms with van der Waals surface area (Å²) in [7, 11) is 1.56. The molecule has 0 aliphatic carbocycles. The second-order valence-corrected chi connectivity index (χ2v) is 3.52. The summed E-state index contributed by atoms with van der Waals surface area (Å²) in [5.74, 6) is 0.680. The molecular weight excluding hydrogens is 256 g/mol. The van der Waals surface area contributed by atoms with Crippen molar-refractivity contribution in [2.45, 2.75) is 0 Å². The molecule has 0 amide bonds. The number of hydrogen-bond acceptors (Lipinski definition) is 3. The van der Waals surface area contributed by atoms with Gasteiger partial charge in [-0.25, -0.2) is 0 Å². The Labute approximate surface area is 96.3 Å². The Kier molecular flexibility index (Phi) is 3.91. The molecule has 0 saturated heterocycles. The van der Waals surface area contributed by atoms with Crippen LogP contribution < -0.4 is 4.74 Å². The van der Waals surface area contributed by atoms with Crippen LogP contribution in [0, 0.1) is 22.7 Å². The Morgan fingerprint density at radius 1 is 1.40 bits per heavy atom. The van der Waals surface area contributed by atoms with Gasteiger partial charge in [-0.3, -0.25) is 0 Å². The average Bonchev–Trinajstić information content (AvgIpc) is 2.28. The van der Waals surface area contributed by atoms with Crippen molar-refractivity contribution in [3.63, 3.8) is 0 Å². The molecule has 0 bridgehead atoms. The minimum Gasteiger partial charge on any atom is -0.497 e. The number of hydrogen-bond donors (Lipinski definition) is 0. The fourth-order valence-corrected chi connectivity index (χ4v) is 1.37. The molecule has 74 valence electrons. The fraction of sp³-hybridized carbons (Fsp3) is 0.0909. The van der Waals surface area contributed by atoms with Crippen molar-refractivity contribution < 1.29 is 4.74 Å². The van der Waals surface area contributed by atoms with Gasteiger partial charge in [0.15, 0.2) is 0 Å². The Morgan fingerprint density at radius 3 is 2.60 bits per heavy atom. The maximum absolute atomic E-state index is 8.62. The summed E-state index contributed by atoms with van der Waals surface area (Å²) < 4.78 is 5.85. The summed E-state index contributed by atoms with van der Waals surface area (Å²) in [4.78, 5) is 0. The lowest BCUT2D eigenvalue weighted by atomic mass is 10.1. The van der Waals surface area contributed by atoms with E-state index in [0.717, 1.165) is 10.0 Å². The number of nitrogens with zero attached hydrogens (tertiary/aromatic N) is 2. The Bertz CT molecular complexity index is 464. The van der Waals surface area contributed by atoms with E-state index >= 15 is 0 Å². The Balaban J connectivity index is 3.21. The molecular formula is C11H7BrN2O. The van der Waals surface area contributed by atoms with Crippen LogP contribution in [0.4, 0.5) is 0 Å². The molecule has 1 aromatic carbocycles. The maximum Gasteiger partial charge on any atom is 0.130 e. The van der Waals surface area contributed by atoms with E-state index in [4.69, 9.17) is 15.3 Å². The first-order valence-electron chi connectivity index (χ1n) is 4.06. The maximum atomic E-state index is 8.62. The number of nitriles is 2. The topological polar surface area (TPSA) is 56.8 Å². The molecule has 0 radical (unpaired) electrons. The summed E-state index contributed by atoms with van der Waals surface area (Å²) in [6.07, 6.45) is 1.51. The van der Waals surface area contributed by atoms with Crippen LogP contribution in [0.2, 0.25) is 0 Å². The third-order valence-electron chi connectivity index (χ3n) is 1.74. The van der Waals surface area contributed by atoms with Gasteiger partial charge in [-0.05, 0) is 29.8 Å². The summed E-state index contributed by atoms with van der Waals surface area (Å²) in [5.41, 5.74) is 0.802. The largest absolute Gasteiger partial charge is 0.497 e. The first-order chi connectivity index (χ1) is 7.21. The summed E-state index contributed by atoms with van der Waals surface area (Å²) in [5, 5.41) is 17.2. The second-order valence-electron chi connectivity index (χ2n) is 2.67. The van der Waals surface area contributed by atoms with Crippen molar-refractivity contribution >= 4 is 22.0 Å². The van der Waals surface area contributed by atoms with E-state index in [1.165, 1.54) is 6.08 Å². The van der Waals surface area contributed by atoms with Crippen LogP contribution in [0.5, 0.6) is 5.75 Å². The molecule has 0 aliphatic heterocycles. The van der Waals surface area contributed by atoms with Crippen LogP contribution in [-0.4, -0.2) is 7.11 Å². The molecule has 1 rings (SSSR count). The molecule has 15 heavy (non-hydrogen) atoms. The molecule has 0 heterocycles. The highest BCUT2D eigenvalue weighted by atomic mass is 79.9. The Hall–Kier alpha value is -1.78. The molecule has 1 aromatic rings. The third-order valence-corrected chi connectivity index (χ3v) is 2.47. The average molecular weight is 263 g/mol. The van der Waals surface area contributed by atoms with E-state index in [9.17, 15) is 0 Å². The summed E-state index contributed by atoms with van der Waals surface area (Å²) >= 11 is 3.33. The quantitative estimate of drug-likeness (QED) is 0.771. The fourth-order valence-electron chi connectivity index (χ4n) is 1.00. The zero-order valence-corrected chi connectivity index (χ0v) is 9.58. The van der Waals surface area contributed by atoms with Gasteiger partial charge in [0.2, 0.25) is 0 Å². The standard InChI is InChI=1S/C11H7BrN2O/c1-15-10-2-3-11(12)9(5-10)4-8(6-13)7-14/h2-5H,1H3. The minimum atomic E-state index is 0.0592. The lowest BCUT2D eigenvalue weighted by Crippen LogP contribution is -1.85. The van der Waals surface area contributed by atoms with Crippen molar-refractivity contribution in [3.8, 4) is 17.9 Å². The second kappa shape index (κ2) is 5.19. The van der Waals surface area contributed by atoms with E-state index < -0.39 is 0 Å². The minimum absolute atomic E-state index is 0.0592. The van der Waals surface area contributed by atoms with Crippen LogP contribution in [-0.2, 0) is 0 Å². The number of ether oxygens (including phenoxy) is 1. The first-order valence-corrected chi connectivity index (χ1v) is 4.86. The van der Waals surface area contributed by atoms with Gasteiger partial charge in [0.05, 0.1) is 7.11 Å². The van der Waals surface area contributed by atoms with Gasteiger partial charge in [-0.2, -0.15) is 10.5 Å². The van der Waals surface area contributed by atoms with Crippen LogP contribution in [0.15, 0.2) is 28.2 Å². The van der Waals surface area contributed by atoms with Gasteiger partial charge in [0, 0.05) is 4.47 Å². The molecule has 0 aromatic heterocycles. The molecule has 0 aliphatic rings. The molecule has 0 unspecified atom stereocenters. The molecule has 3 nitrogen and oxygen atoms in total. The van der Waals surface area contributed by atoms with E-state index in [0.29, 0.717) is 5.75 Å². The van der Waals surface area contributed by atoms with Gasteiger partial charge < -0.3 is 4.74 Å².